The highest BCUT2D eigenvalue weighted by Crippen LogP contribution is 2.13. The first-order valence-electron chi connectivity index (χ1n) is 6.46. The lowest BCUT2D eigenvalue weighted by Gasteiger charge is -2.02. The zero-order valence-corrected chi connectivity index (χ0v) is 11.7. The molecule has 2 rings (SSSR count). The van der Waals surface area contributed by atoms with Gasteiger partial charge in [0.25, 0.3) is 0 Å². The predicted octanol–water partition coefficient (Wildman–Crippen LogP) is 2.48. The molecule has 0 saturated heterocycles. The van der Waals surface area contributed by atoms with E-state index in [-0.39, 0.29) is 11.5 Å². The summed E-state index contributed by atoms with van der Waals surface area (Å²) in [5.74, 6) is -0.374. The normalized spacial score (nSPS) is 11.1. The number of hydrogen-bond donors (Lipinski definition) is 3. The molecule has 0 aliphatic rings. The highest BCUT2D eigenvalue weighted by molar-refractivity contribution is 6.45. The van der Waals surface area contributed by atoms with Crippen molar-refractivity contribution in [1.82, 2.24) is 4.98 Å². The van der Waals surface area contributed by atoms with Gasteiger partial charge in [-0.15, -0.1) is 0 Å². The van der Waals surface area contributed by atoms with Crippen molar-refractivity contribution in [2.45, 2.75) is 0 Å². The lowest BCUT2D eigenvalue weighted by molar-refractivity contribution is 1.30. The third-order valence-corrected chi connectivity index (χ3v) is 2.68. The molecule has 6 heteroatoms. The Kier molecular flexibility index (Phi) is 5.00. The van der Waals surface area contributed by atoms with E-state index >= 15 is 0 Å². The second-order valence-corrected chi connectivity index (χ2v) is 4.31. The maximum Gasteiger partial charge on any atom is 0.201 e. The standard InChI is InChI=1S/C16H14N6/c17-11-15(16(18)19)22-21-14-6-3-4-12(10-14)7-8-13-5-1-2-9-20-13/h1-10,21H,(H3,18,19)/b8-7?,22-15+. The number of benzene rings is 1. The summed E-state index contributed by atoms with van der Waals surface area (Å²) < 4.78 is 0. The number of amidine groups is 1. The Hall–Kier alpha value is -3.46. The van der Waals surface area contributed by atoms with E-state index in [4.69, 9.17) is 16.4 Å². The topological polar surface area (TPSA) is 111 Å². The molecule has 0 bridgehead atoms. The van der Waals surface area contributed by atoms with Gasteiger partial charge < -0.3 is 5.73 Å². The zero-order chi connectivity index (χ0) is 15.8. The van der Waals surface area contributed by atoms with Gasteiger partial charge >= 0.3 is 0 Å². The molecule has 0 saturated carbocycles. The van der Waals surface area contributed by atoms with Crippen molar-refractivity contribution in [3.8, 4) is 6.07 Å². The van der Waals surface area contributed by atoms with Crippen molar-refractivity contribution in [2.75, 3.05) is 5.43 Å². The van der Waals surface area contributed by atoms with Crippen molar-refractivity contribution < 1.29 is 0 Å². The van der Waals surface area contributed by atoms with Gasteiger partial charge in [-0.1, -0.05) is 24.3 Å². The summed E-state index contributed by atoms with van der Waals surface area (Å²) in [5, 5.41) is 19.8. The van der Waals surface area contributed by atoms with Crippen LogP contribution in [-0.2, 0) is 0 Å². The summed E-state index contributed by atoms with van der Waals surface area (Å²) in [7, 11) is 0. The van der Waals surface area contributed by atoms with Gasteiger partial charge in [0.2, 0.25) is 5.71 Å². The highest BCUT2D eigenvalue weighted by Gasteiger charge is 2.00. The Morgan fingerprint density at radius 3 is 2.82 bits per heavy atom. The van der Waals surface area contributed by atoms with Gasteiger partial charge in [0, 0.05) is 6.20 Å². The highest BCUT2D eigenvalue weighted by atomic mass is 15.3. The van der Waals surface area contributed by atoms with E-state index in [1.807, 2.05) is 48.6 Å². The molecule has 1 heterocycles. The Morgan fingerprint density at radius 1 is 1.27 bits per heavy atom. The van der Waals surface area contributed by atoms with Crippen LogP contribution < -0.4 is 11.2 Å². The van der Waals surface area contributed by atoms with E-state index in [0.717, 1.165) is 11.3 Å². The molecule has 0 spiro atoms. The quantitative estimate of drug-likeness (QED) is 0.446. The molecule has 2 aromatic rings. The number of pyridine rings is 1. The average Bonchev–Trinajstić information content (AvgIpc) is 2.54. The second-order valence-electron chi connectivity index (χ2n) is 4.31. The third-order valence-electron chi connectivity index (χ3n) is 2.68. The number of anilines is 1. The summed E-state index contributed by atoms with van der Waals surface area (Å²) in [6.07, 6.45) is 5.56. The Bertz CT molecular complexity index is 756. The Morgan fingerprint density at radius 2 is 2.14 bits per heavy atom. The Labute approximate surface area is 128 Å². The minimum Gasteiger partial charge on any atom is -0.382 e. The van der Waals surface area contributed by atoms with Crippen molar-refractivity contribution in [3.63, 3.8) is 0 Å². The number of rotatable bonds is 5. The SMILES string of the molecule is N#C/C(=N\Nc1cccc(C=Cc2ccccn2)c1)C(=N)N. The summed E-state index contributed by atoms with van der Waals surface area (Å²) in [5.41, 5.74) is 10.3. The number of nitrogens with zero attached hydrogens (tertiary/aromatic N) is 3. The van der Waals surface area contributed by atoms with E-state index in [1.165, 1.54) is 0 Å². The van der Waals surface area contributed by atoms with E-state index in [2.05, 4.69) is 15.5 Å². The van der Waals surface area contributed by atoms with Crippen LogP contribution in [0.15, 0.2) is 53.8 Å². The third kappa shape index (κ3) is 4.28. The lowest BCUT2D eigenvalue weighted by atomic mass is 10.2. The number of hydrazone groups is 1. The van der Waals surface area contributed by atoms with Gasteiger partial charge in [0.1, 0.15) is 6.07 Å². The molecule has 0 unspecified atom stereocenters. The van der Waals surface area contributed by atoms with E-state index in [0.29, 0.717) is 5.69 Å². The maximum atomic E-state index is 8.78. The van der Waals surface area contributed by atoms with Gasteiger partial charge in [-0.05, 0) is 35.9 Å². The number of nitrogens with one attached hydrogen (secondary N) is 2. The van der Waals surface area contributed by atoms with Crippen LogP contribution in [0.5, 0.6) is 0 Å². The Balaban J connectivity index is 2.12. The zero-order valence-electron chi connectivity index (χ0n) is 11.7. The van der Waals surface area contributed by atoms with Crippen LogP contribution in [0.2, 0.25) is 0 Å². The molecule has 0 fully saturated rings. The molecule has 4 N–H and O–H groups in total. The van der Waals surface area contributed by atoms with Crippen LogP contribution in [0.3, 0.4) is 0 Å². The molecule has 0 aliphatic heterocycles. The van der Waals surface area contributed by atoms with Crippen LogP contribution in [-0.4, -0.2) is 16.5 Å². The molecule has 6 nitrogen and oxygen atoms in total. The van der Waals surface area contributed by atoms with Crippen molar-refractivity contribution >= 4 is 29.4 Å². The van der Waals surface area contributed by atoms with Crippen LogP contribution in [0, 0.1) is 16.7 Å². The van der Waals surface area contributed by atoms with Gasteiger partial charge in [-0.25, -0.2) is 0 Å². The number of nitriles is 1. The van der Waals surface area contributed by atoms with E-state index in [1.54, 1.807) is 18.3 Å². The van der Waals surface area contributed by atoms with Gasteiger partial charge in [-0.2, -0.15) is 10.4 Å². The molecule has 0 amide bonds. The fourth-order valence-corrected chi connectivity index (χ4v) is 1.63. The molecule has 0 aliphatic carbocycles. The van der Waals surface area contributed by atoms with Gasteiger partial charge in [0.05, 0.1) is 11.4 Å². The fourth-order valence-electron chi connectivity index (χ4n) is 1.63. The van der Waals surface area contributed by atoms with Gasteiger partial charge in [0.15, 0.2) is 5.84 Å². The second kappa shape index (κ2) is 7.36. The molecule has 0 radical (unpaired) electrons. The minimum absolute atomic E-state index is 0.158. The van der Waals surface area contributed by atoms with Crippen molar-refractivity contribution in [1.29, 1.82) is 10.7 Å². The smallest absolute Gasteiger partial charge is 0.201 e. The minimum atomic E-state index is -0.374. The molecular weight excluding hydrogens is 276 g/mol. The largest absolute Gasteiger partial charge is 0.382 e. The summed E-state index contributed by atoms with van der Waals surface area (Å²) >= 11 is 0. The molecule has 108 valence electrons. The summed E-state index contributed by atoms with van der Waals surface area (Å²) in [6.45, 7) is 0. The molecule has 1 aromatic carbocycles. The first-order valence-corrected chi connectivity index (χ1v) is 6.46. The van der Waals surface area contributed by atoms with Crippen molar-refractivity contribution in [2.24, 2.45) is 10.8 Å². The molecule has 0 atom stereocenters. The van der Waals surface area contributed by atoms with Crippen LogP contribution in [0.1, 0.15) is 11.3 Å². The van der Waals surface area contributed by atoms with Crippen LogP contribution in [0.4, 0.5) is 5.69 Å². The molecular formula is C16H14N6. The number of aromatic nitrogens is 1. The first kappa shape index (κ1) is 14.9. The lowest BCUT2D eigenvalue weighted by Crippen LogP contribution is -2.21. The van der Waals surface area contributed by atoms with Crippen LogP contribution >= 0.6 is 0 Å². The van der Waals surface area contributed by atoms with E-state index in [9.17, 15) is 0 Å². The van der Waals surface area contributed by atoms with E-state index < -0.39 is 0 Å². The monoisotopic (exact) mass is 290 g/mol. The van der Waals surface area contributed by atoms with Crippen molar-refractivity contribution in [3.05, 3.63) is 59.9 Å². The average molecular weight is 290 g/mol. The van der Waals surface area contributed by atoms with Crippen LogP contribution in [0.25, 0.3) is 12.2 Å². The molecule has 1 aromatic heterocycles. The predicted molar refractivity (Wildman–Crippen MR) is 88.2 cm³/mol. The summed E-state index contributed by atoms with van der Waals surface area (Å²) in [6, 6.07) is 14.9. The maximum absolute atomic E-state index is 8.78. The fraction of sp³-hybridized carbons (Fsp3) is 0. The summed E-state index contributed by atoms with van der Waals surface area (Å²) in [4.78, 5) is 4.21. The van der Waals surface area contributed by atoms with Gasteiger partial charge in [-0.3, -0.25) is 15.8 Å². The molecule has 22 heavy (non-hydrogen) atoms. The first-order chi connectivity index (χ1) is 10.7. The number of nitrogens with two attached hydrogens (primary N) is 1. The number of hydrogen-bond acceptors (Lipinski definition) is 5.